The maximum atomic E-state index is 11.8. The van der Waals surface area contributed by atoms with E-state index in [1.165, 1.54) is 18.4 Å². The summed E-state index contributed by atoms with van der Waals surface area (Å²) < 4.78 is 5.19. The molecule has 2 heteroatoms. The molecule has 0 heterocycles. The van der Waals surface area contributed by atoms with Crippen molar-refractivity contribution in [1.29, 1.82) is 0 Å². The van der Waals surface area contributed by atoms with E-state index in [1.54, 1.807) is 0 Å². The van der Waals surface area contributed by atoms with Crippen LogP contribution < -0.4 is 0 Å². The fraction of sp³-hybridized carbons (Fsp3) is 0.611. The molecule has 0 aromatic heterocycles. The number of carbonyl (C=O) groups is 1. The number of esters is 1. The Kier molecular flexibility index (Phi) is 5.79. The highest BCUT2D eigenvalue weighted by Crippen LogP contribution is 2.28. The third-order valence-corrected chi connectivity index (χ3v) is 3.39. The molecule has 0 fully saturated rings. The van der Waals surface area contributed by atoms with Gasteiger partial charge in [-0.15, -0.1) is 0 Å². The van der Waals surface area contributed by atoms with Gasteiger partial charge in [-0.3, -0.25) is 0 Å². The molecule has 1 aromatic rings. The minimum absolute atomic E-state index is 0.0760. The maximum Gasteiger partial charge on any atom is 0.338 e. The topological polar surface area (TPSA) is 26.3 Å². The van der Waals surface area contributed by atoms with Crippen molar-refractivity contribution in [1.82, 2.24) is 0 Å². The molecule has 1 aromatic carbocycles. The van der Waals surface area contributed by atoms with E-state index in [4.69, 9.17) is 4.74 Å². The van der Waals surface area contributed by atoms with Crippen molar-refractivity contribution in [2.24, 2.45) is 5.41 Å². The van der Waals surface area contributed by atoms with Gasteiger partial charge in [-0.1, -0.05) is 39.8 Å². The van der Waals surface area contributed by atoms with Gasteiger partial charge in [0.2, 0.25) is 0 Å². The molecule has 1 rings (SSSR count). The van der Waals surface area contributed by atoms with Crippen molar-refractivity contribution in [3.8, 4) is 0 Å². The predicted molar refractivity (Wildman–Crippen MR) is 84.1 cm³/mol. The van der Waals surface area contributed by atoms with E-state index >= 15 is 0 Å². The van der Waals surface area contributed by atoms with Gasteiger partial charge in [0.15, 0.2) is 0 Å². The zero-order valence-electron chi connectivity index (χ0n) is 13.7. The van der Waals surface area contributed by atoms with Crippen LogP contribution >= 0.6 is 0 Å². The lowest BCUT2D eigenvalue weighted by molar-refractivity contribution is 0.0378. The van der Waals surface area contributed by atoms with Crippen LogP contribution in [0.5, 0.6) is 0 Å². The van der Waals surface area contributed by atoms with Crippen LogP contribution in [0.4, 0.5) is 0 Å². The van der Waals surface area contributed by atoms with Crippen molar-refractivity contribution in [3.63, 3.8) is 0 Å². The van der Waals surface area contributed by atoms with Crippen molar-refractivity contribution >= 4 is 5.97 Å². The van der Waals surface area contributed by atoms with Crippen LogP contribution in [0.15, 0.2) is 24.3 Å². The number of benzene rings is 1. The van der Waals surface area contributed by atoms with Crippen LogP contribution in [-0.4, -0.2) is 12.1 Å². The first kappa shape index (κ1) is 16.7. The van der Waals surface area contributed by atoms with E-state index in [2.05, 4.69) is 27.7 Å². The van der Waals surface area contributed by atoms with Crippen molar-refractivity contribution in [3.05, 3.63) is 35.4 Å². The normalized spacial score (nSPS) is 13.3. The molecule has 0 spiro atoms. The van der Waals surface area contributed by atoms with Crippen LogP contribution in [-0.2, 0) is 4.74 Å². The Balaban J connectivity index is 2.64. The minimum Gasteiger partial charge on any atom is -0.459 e. The molecule has 0 saturated carbocycles. The highest BCUT2D eigenvalue weighted by molar-refractivity contribution is 5.89. The van der Waals surface area contributed by atoms with Gasteiger partial charge in [-0.05, 0) is 55.7 Å². The largest absolute Gasteiger partial charge is 0.459 e. The molecular formula is C18H28O2. The molecule has 0 aliphatic carbocycles. The summed E-state index contributed by atoms with van der Waals surface area (Å²) in [5, 5.41) is 0. The lowest BCUT2D eigenvalue weighted by atomic mass is 9.85. The van der Waals surface area contributed by atoms with Gasteiger partial charge in [-0.2, -0.15) is 0 Å². The molecular weight excluding hydrogens is 248 g/mol. The van der Waals surface area contributed by atoms with E-state index in [9.17, 15) is 4.79 Å². The Morgan fingerprint density at radius 3 is 2.10 bits per heavy atom. The van der Waals surface area contributed by atoms with Gasteiger partial charge in [0.1, 0.15) is 0 Å². The van der Waals surface area contributed by atoms with Gasteiger partial charge in [0.25, 0.3) is 0 Å². The maximum absolute atomic E-state index is 11.8. The standard InChI is InChI=1S/C18H28O2/c1-13(2)20-17(19)16-9-7-15(8-10-16)14(3)11-12-18(4,5)6/h7-10,13-14H,11-12H2,1-6H3. The third kappa shape index (κ3) is 5.77. The summed E-state index contributed by atoms with van der Waals surface area (Å²) in [5.74, 6) is 0.276. The Morgan fingerprint density at radius 2 is 1.65 bits per heavy atom. The highest BCUT2D eigenvalue weighted by atomic mass is 16.5. The first-order chi connectivity index (χ1) is 9.19. The van der Waals surface area contributed by atoms with Gasteiger partial charge in [0, 0.05) is 0 Å². The molecule has 0 bridgehead atoms. The summed E-state index contributed by atoms with van der Waals surface area (Å²) in [6.45, 7) is 12.8. The molecule has 0 saturated heterocycles. The molecule has 0 amide bonds. The summed E-state index contributed by atoms with van der Waals surface area (Å²) in [5.41, 5.74) is 2.29. The number of hydrogen-bond donors (Lipinski definition) is 0. The monoisotopic (exact) mass is 276 g/mol. The quantitative estimate of drug-likeness (QED) is 0.692. The van der Waals surface area contributed by atoms with Crippen LogP contribution in [0.25, 0.3) is 0 Å². The molecule has 0 aliphatic rings. The molecule has 0 N–H and O–H groups in total. The fourth-order valence-electron chi connectivity index (χ4n) is 2.05. The average molecular weight is 276 g/mol. The fourth-order valence-corrected chi connectivity index (χ4v) is 2.05. The SMILES string of the molecule is CC(C)OC(=O)c1ccc(C(C)CCC(C)(C)C)cc1. The second-order valence-corrected chi connectivity index (χ2v) is 7.08. The zero-order chi connectivity index (χ0) is 15.3. The Bertz CT molecular complexity index is 424. The summed E-state index contributed by atoms with van der Waals surface area (Å²) in [4.78, 5) is 11.8. The van der Waals surface area contributed by atoms with E-state index < -0.39 is 0 Å². The van der Waals surface area contributed by atoms with Crippen molar-refractivity contribution in [2.45, 2.75) is 66.4 Å². The molecule has 0 radical (unpaired) electrons. The molecule has 1 atom stereocenters. The molecule has 2 nitrogen and oxygen atoms in total. The Hall–Kier alpha value is -1.31. The van der Waals surface area contributed by atoms with Gasteiger partial charge in [0.05, 0.1) is 11.7 Å². The Labute approximate surface area is 123 Å². The van der Waals surface area contributed by atoms with Crippen LogP contribution in [0.3, 0.4) is 0 Å². The van der Waals surface area contributed by atoms with Crippen LogP contribution in [0.1, 0.15) is 76.2 Å². The first-order valence-corrected chi connectivity index (χ1v) is 7.50. The molecule has 20 heavy (non-hydrogen) atoms. The van der Waals surface area contributed by atoms with Crippen molar-refractivity contribution < 1.29 is 9.53 Å². The van der Waals surface area contributed by atoms with E-state index in [0.717, 1.165) is 0 Å². The van der Waals surface area contributed by atoms with Gasteiger partial charge >= 0.3 is 5.97 Å². The van der Waals surface area contributed by atoms with Crippen LogP contribution in [0.2, 0.25) is 0 Å². The average Bonchev–Trinajstić information content (AvgIpc) is 2.34. The number of rotatable bonds is 5. The molecule has 0 aliphatic heterocycles. The summed E-state index contributed by atoms with van der Waals surface area (Å²) in [6.07, 6.45) is 2.29. The summed E-state index contributed by atoms with van der Waals surface area (Å²) in [7, 11) is 0. The smallest absolute Gasteiger partial charge is 0.338 e. The van der Waals surface area contributed by atoms with E-state index in [-0.39, 0.29) is 12.1 Å². The molecule has 112 valence electrons. The molecule has 1 unspecified atom stereocenters. The number of carbonyl (C=O) groups excluding carboxylic acids is 1. The summed E-state index contributed by atoms with van der Waals surface area (Å²) in [6, 6.07) is 7.83. The Morgan fingerprint density at radius 1 is 1.10 bits per heavy atom. The summed E-state index contributed by atoms with van der Waals surface area (Å²) >= 11 is 0. The number of ether oxygens (including phenoxy) is 1. The third-order valence-electron chi connectivity index (χ3n) is 3.39. The minimum atomic E-state index is -0.242. The number of hydrogen-bond acceptors (Lipinski definition) is 2. The van der Waals surface area contributed by atoms with Crippen molar-refractivity contribution in [2.75, 3.05) is 0 Å². The van der Waals surface area contributed by atoms with Gasteiger partial charge < -0.3 is 4.74 Å². The van der Waals surface area contributed by atoms with Gasteiger partial charge in [-0.25, -0.2) is 4.79 Å². The lowest BCUT2D eigenvalue weighted by Crippen LogP contribution is -2.11. The van der Waals surface area contributed by atoms with E-state index in [0.29, 0.717) is 16.9 Å². The second-order valence-electron chi connectivity index (χ2n) is 7.08. The second kappa shape index (κ2) is 6.92. The first-order valence-electron chi connectivity index (χ1n) is 7.50. The highest BCUT2D eigenvalue weighted by Gasteiger charge is 2.14. The lowest BCUT2D eigenvalue weighted by Gasteiger charge is -2.21. The predicted octanol–water partition coefficient (Wildman–Crippen LogP) is 5.18. The zero-order valence-corrected chi connectivity index (χ0v) is 13.7. The van der Waals surface area contributed by atoms with Crippen LogP contribution in [0, 0.1) is 5.41 Å². The van der Waals surface area contributed by atoms with E-state index in [1.807, 2.05) is 38.1 Å².